The Morgan fingerprint density at radius 2 is 1.89 bits per heavy atom. The number of aromatic hydroxyl groups is 1. The van der Waals surface area contributed by atoms with Crippen molar-refractivity contribution >= 4 is 11.7 Å². The number of carbonyl (C=O) groups excluding carboxylic acids is 2. The van der Waals surface area contributed by atoms with Crippen LogP contribution in [0, 0.1) is 0 Å². The molecule has 96 valence electrons. The Morgan fingerprint density at radius 3 is 2.56 bits per heavy atom. The molecule has 5 nitrogen and oxygen atoms in total. The van der Waals surface area contributed by atoms with E-state index in [-0.39, 0.29) is 29.4 Å². The number of phenolic OH excluding ortho intramolecular Hbond substituents is 1. The highest BCUT2D eigenvalue weighted by atomic mass is 16.5. The van der Waals surface area contributed by atoms with E-state index >= 15 is 0 Å². The van der Waals surface area contributed by atoms with Gasteiger partial charge in [0.05, 0.1) is 25.2 Å². The molecule has 1 aliphatic heterocycles. The Balaban J connectivity index is 1.99. The van der Waals surface area contributed by atoms with Gasteiger partial charge < -0.3 is 14.7 Å². The number of hydrogen-bond acceptors (Lipinski definition) is 4. The lowest BCUT2D eigenvalue weighted by atomic mass is 10.1. The highest BCUT2D eigenvalue weighted by molar-refractivity contribution is 6.08. The van der Waals surface area contributed by atoms with Gasteiger partial charge in [-0.1, -0.05) is 12.1 Å². The third-order valence-electron chi connectivity index (χ3n) is 2.88. The van der Waals surface area contributed by atoms with E-state index in [0.717, 1.165) is 0 Å². The molecule has 18 heavy (non-hydrogen) atoms. The molecule has 5 heteroatoms. The van der Waals surface area contributed by atoms with Gasteiger partial charge in [0.2, 0.25) is 5.91 Å². The van der Waals surface area contributed by atoms with Crippen LogP contribution in [0.4, 0.5) is 0 Å². The number of phenols is 1. The van der Waals surface area contributed by atoms with Crippen molar-refractivity contribution in [2.45, 2.75) is 6.42 Å². The number of amides is 1. The average molecular weight is 249 g/mol. The zero-order valence-electron chi connectivity index (χ0n) is 9.96. The minimum Gasteiger partial charge on any atom is -0.507 e. The Morgan fingerprint density at radius 1 is 1.22 bits per heavy atom. The van der Waals surface area contributed by atoms with Gasteiger partial charge in [0, 0.05) is 13.1 Å². The van der Waals surface area contributed by atoms with E-state index in [1.165, 1.54) is 12.1 Å². The second-order valence-corrected chi connectivity index (χ2v) is 4.11. The molecule has 1 N–H and O–H groups in total. The van der Waals surface area contributed by atoms with Crippen LogP contribution in [-0.2, 0) is 9.53 Å². The second kappa shape index (κ2) is 5.64. The summed E-state index contributed by atoms with van der Waals surface area (Å²) in [6, 6.07) is 6.25. The molecule has 0 unspecified atom stereocenters. The van der Waals surface area contributed by atoms with Gasteiger partial charge in [0.1, 0.15) is 5.75 Å². The van der Waals surface area contributed by atoms with Crippen LogP contribution in [-0.4, -0.2) is 48.0 Å². The van der Waals surface area contributed by atoms with Crippen LogP contribution in [0.5, 0.6) is 5.75 Å². The first kappa shape index (κ1) is 12.6. The molecule has 0 spiro atoms. The molecule has 0 aliphatic carbocycles. The first-order valence-electron chi connectivity index (χ1n) is 5.85. The summed E-state index contributed by atoms with van der Waals surface area (Å²) >= 11 is 0. The molecule has 1 saturated heterocycles. The number of rotatable bonds is 3. The van der Waals surface area contributed by atoms with E-state index in [0.29, 0.717) is 26.3 Å². The number of Topliss-reactive ketones (excluding diaryl/α,β-unsaturated/α-hetero) is 1. The van der Waals surface area contributed by atoms with Crippen molar-refractivity contribution in [2.24, 2.45) is 0 Å². The third kappa shape index (κ3) is 2.87. The average Bonchev–Trinajstić information content (AvgIpc) is 2.40. The van der Waals surface area contributed by atoms with Crippen molar-refractivity contribution in [2.75, 3.05) is 26.3 Å². The summed E-state index contributed by atoms with van der Waals surface area (Å²) in [4.78, 5) is 25.4. The molecule has 2 rings (SSSR count). The molecular formula is C13H15NO4. The maximum Gasteiger partial charge on any atom is 0.230 e. The number of carbonyl (C=O) groups is 2. The summed E-state index contributed by atoms with van der Waals surface area (Å²) in [7, 11) is 0. The lowest BCUT2D eigenvalue weighted by Gasteiger charge is -2.26. The zero-order valence-corrected chi connectivity index (χ0v) is 9.96. The minimum absolute atomic E-state index is 0.0859. The van der Waals surface area contributed by atoms with Crippen molar-refractivity contribution in [3.8, 4) is 5.75 Å². The summed E-state index contributed by atoms with van der Waals surface area (Å²) in [5.74, 6) is -0.659. The number of nitrogens with zero attached hydrogens (tertiary/aromatic N) is 1. The predicted octanol–water partition coefficient (Wildman–Crippen LogP) is 0.824. The number of benzene rings is 1. The fourth-order valence-corrected chi connectivity index (χ4v) is 1.87. The maximum absolute atomic E-state index is 11.9. The smallest absolute Gasteiger partial charge is 0.230 e. The fourth-order valence-electron chi connectivity index (χ4n) is 1.87. The van der Waals surface area contributed by atoms with Crippen LogP contribution in [0.3, 0.4) is 0 Å². The molecule has 1 aromatic rings. The predicted molar refractivity (Wildman–Crippen MR) is 64.5 cm³/mol. The topological polar surface area (TPSA) is 66.8 Å². The van der Waals surface area contributed by atoms with E-state index in [9.17, 15) is 14.7 Å². The number of morpholine rings is 1. The first-order valence-corrected chi connectivity index (χ1v) is 5.85. The van der Waals surface area contributed by atoms with Crippen molar-refractivity contribution in [3.05, 3.63) is 29.8 Å². The Bertz CT molecular complexity index is 452. The number of para-hydroxylation sites is 1. The van der Waals surface area contributed by atoms with Crippen molar-refractivity contribution in [1.29, 1.82) is 0 Å². The first-order chi connectivity index (χ1) is 8.68. The number of ketones is 1. The minimum atomic E-state index is -0.357. The standard InChI is InChI=1S/C13H15NO4/c15-11-4-2-1-3-10(11)12(16)9-13(17)14-5-7-18-8-6-14/h1-4,15H,5-9H2. The van der Waals surface area contributed by atoms with Gasteiger partial charge in [0.25, 0.3) is 0 Å². The van der Waals surface area contributed by atoms with Gasteiger partial charge in [-0.05, 0) is 12.1 Å². The second-order valence-electron chi connectivity index (χ2n) is 4.11. The monoisotopic (exact) mass is 249 g/mol. The van der Waals surface area contributed by atoms with Crippen molar-refractivity contribution < 1.29 is 19.4 Å². The molecule has 0 saturated carbocycles. The zero-order chi connectivity index (χ0) is 13.0. The number of ether oxygens (including phenoxy) is 1. The van der Waals surface area contributed by atoms with Gasteiger partial charge in [-0.25, -0.2) is 0 Å². The van der Waals surface area contributed by atoms with Crippen molar-refractivity contribution in [1.82, 2.24) is 4.90 Å². The summed E-state index contributed by atoms with van der Waals surface area (Å²) < 4.78 is 5.14. The Kier molecular flexibility index (Phi) is 3.94. The summed E-state index contributed by atoms with van der Waals surface area (Å²) in [5, 5.41) is 9.54. The van der Waals surface area contributed by atoms with Gasteiger partial charge in [-0.3, -0.25) is 9.59 Å². The molecule has 1 fully saturated rings. The Hall–Kier alpha value is -1.88. The van der Waals surface area contributed by atoms with E-state index < -0.39 is 0 Å². The highest BCUT2D eigenvalue weighted by Crippen LogP contribution is 2.18. The van der Waals surface area contributed by atoms with Gasteiger partial charge in [-0.2, -0.15) is 0 Å². The van der Waals surface area contributed by atoms with Crippen LogP contribution >= 0.6 is 0 Å². The summed E-state index contributed by atoms with van der Waals surface area (Å²) in [5.41, 5.74) is 0.194. The molecule has 1 heterocycles. The largest absolute Gasteiger partial charge is 0.507 e. The lowest BCUT2D eigenvalue weighted by molar-refractivity contribution is -0.134. The van der Waals surface area contributed by atoms with Crippen LogP contribution in [0.15, 0.2) is 24.3 Å². The van der Waals surface area contributed by atoms with Crippen molar-refractivity contribution in [3.63, 3.8) is 0 Å². The van der Waals surface area contributed by atoms with Crippen LogP contribution < -0.4 is 0 Å². The molecule has 1 amide bonds. The summed E-state index contributed by atoms with van der Waals surface area (Å²) in [6.45, 7) is 2.06. The highest BCUT2D eigenvalue weighted by Gasteiger charge is 2.21. The van der Waals surface area contributed by atoms with Gasteiger partial charge >= 0.3 is 0 Å². The molecule has 0 atom stereocenters. The van der Waals surface area contributed by atoms with Crippen LogP contribution in [0.1, 0.15) is 16.8 Å². The molecule has 1 aromatic carbocycles. The van der Waals surface area contributed by atoms with E-state index in [1.807, 2.05) is 0 Å². The quantitative estimate of drug-likeness (QED) is 0.636. The van der Waals surface area contributed by atoms with Gasteiger partial charge in [-0.15, -0.1) is 0 Å². The molecular weight excluding hydrogens is 234 g/mol. The Labute approximate surface area is 105 Å². The molecule has 0 aromatic heterocycles. The van der Waals surface area contributed by atoms with Gasteiger partial charge in [0.15, 0.2) is 5.78 Å². The lowest BCUT2D eigenvalue weighted by Crippen LogP contribution is -2.41. The summed E-state index contributed by atoms with van der Waals surface area (Å²) in [6.07, 6.45) is -0.211. The van der Waals surface area contributed by atoms with E-state index in [2.05, 4.69) is 0 Å². The number of hydrogen-bond donors (Lipinski definition) is 1. The third-order valence-corrected chi connectivity index (χ3v) is 2.88. The molecule has 1 aliphatic rings. The molecule has 0 radical (unpaired) electrons. The van der Waals surface area contributed by atoms with E-state index in [4.69, 9.17) is 4.74 Å². The fraction of sp³-hybridized carbons (Fsp3) is 0.385. The SMILES string of the molecule is O=C(CC(=O)N1CCOCC1)c1ccccc1O. The van der Waals surface area contributed by atoms with E-state index in [1.54, 1.807) is 17.0 Å². The molecule has 0 bridgehead atoms. The van der Waals surface area contributed by atoms with Crippen LogP contribution in [0.2, 0.25) is 0 Å². The normalized spacial score (nSPS) is 15.4. The van der Waals surface area contributed by atoms with Crippen LogP contribution in [0.25, 0.3) is 0 Å². The maximum atomic E-state index is 11.9.